The molecule has 2 fully saturated rings. The van der Waals surface area contributed by atoms with E-state index in [0.717, 1.165) is 37.3 Å². The number of piperidine rings is 2. The fraction of sp³-hybridized carbons (Fsp3) is 0.400. The first-order chi connectivity index (χ1) is 17.0. The van der Waals surface area contributed by atoms with Gasteiger partial charge in [-0.25, -0.2) is 9.78 Å². The van der Waals surface area contributed by atoms with Crippen LogP contribution in [0.1, 0.15) is 47.2 Å². The Hall–Kier alpha value is -3.95. The Balaban J connectivity index is 1.11. The second-order valence-corrected chi connectivity index (χ2v) is 9.06. The molecule has 4 heterocycles. The maximum Gasteiger partial charge on any atom is 0.407 e. The van der Waals surface area contributed by atoms with Crippen LogP contribution in [0.3, 0.4) is 0 Å². The quantitative estimate of drug-likeness (QED) is 0.629. The molecule has 3 aliphatic heterocycles. The van der Waals surface area contributed by atoms with Crippen molar-refractivity contribution in [3.05, 3.63) is 59.3 Å². The summed E-state index contributed by atoms with van der Waals surface area (Å²) in [6, 6.07) is 10.6. The minimum absolute atomic E-state index is 0.0335. The average molecular weight is 478 g/mol. The molecule has 2 aromatic rings. The number of fused-ring (bicyclic) bond motifs is 1. The van der Waals surface area contributed by atoms with Gasteiger partial charge in [-0.15, -0.1) is 0 Å². The van der Waals surface area contributed by atoms with Gasteiger partial charge in [0.15, 0.2) is 0 Å². The molecule has 182 valence electrons. The first kappa shape index (κ1) is 22.8. The fourth-order valence-corrected chi connectivity index (χ4v) is 4.84. The number of hydrogen-bond acceptors (Lipinski definition) is 7. The number of pyridine rings is 1. The topological polar surface area (TPSA) is 121 Å². The van der Waals surface area contributed by atoms with E-state index in [0.29, 0.717) is 24.1 Å². The van der Waals surface area contributed by atoms with E-state index < -0.39 is 18.0 Å². The summed E-state index contributed by atoms with van der Waals surface area (Å²) >= 11 is 0. The molecular weight excluding hydrogens is 450 g/mol. The van der Waals surface area contributed by atoms with Gasteiger partial charge in [-0.2, -0.15) is 0 Å². The summed E-state index contributed by atoms with van der Waals surface area (Å²) in [7, 11) is 0. The zero-order valence-electron chi connectivity index (χ0n) is 19.2. The second-order valence-electron chi connectivity index (χ2n) is 9.06. The predicted molar refractivity (Wildman–Crippen MR) is 125 cm³/mol. The van der Waals surface area contributed by atoms with Crippen molar-refractivity contribution >= 4 is 29.6 Å². The van der Waals surface area contributed by atoms with E-state index >= 15 is 0 Å². The molecule has 0 radical (unpaired) electrons. The monoisotopic (exact) mass is 477 g/mol. The Bertz CT molecular complexity index is 1150. The van der Waals surface area contributed by atoms with Crippen LogP contribution in [-0.2, 0) is 27.5 Å². The summed E-state index contributed by atoms with van der Waals surface area (Å²) in [6.45, 7) is 1.97. The van der Waals surface area contributed by atoms with Crippen molar-refractivity contribution in [2.24, 2.45) is 0 Å². The highest BCUT2D eigenvalue weighted by molar-refractivity contribution is 6.05. The van der Waals surface area contributed by atoms with Crippen molar-refractivity contribution in [2.75, 3.05) is 18.0 Å². The van der Waals surface area contributed by atoms with Crippen molar-refractivity contribution in [1.29, 1.82) is 0 Å². The molecule has 1 atom stereocenters. The molecule has 2 N–H and O–H groups in total. The van der Waals surface area contributed by atoms with E-state index in [-0.39, 0.29) is 30.9 Å². The molecule has 0 saturated carbocycles. The lowest BCUT2D eigenvalue weighted by molar-refractivity contribution is -0.136. The number of carbonyl (C=O) groups is 4. The Kier molecular flexibility index (Phi) is 6.35. The Morgan fingerprint density at radius 3 is 2.69 bits per heavy atom. The van der Waals surface area contributed by atoms with Gasteiger partial charge in [-0.1, -0.05) is 18.2 Å². The molecule has 1 unspecified atom stereocenters. The number of amides is 4. The number of imide groups is 1. The third-order valence-electron chi connectivity index (χ3n) is 6.75. The zero-order valence-corrected chi connectivity index (χ0v) is 19.2. The van der Waals surface area contributed by atoms with Crippen molar-refractivity contribution in [3.63, 3.8) is 0 Å². The van der Waals surface area contributed by atoms with E-state index in [1.807, 2.05) is 30.3 Å². The lowest BCUT2D eigenvalue weighted by Crippen LogP contribution is -2.52. The number of carbonyl (C=O) groups excluding carboxylic acids is 4. The van der Waals surface area contributed by atoms with Gasteiger partial charge in [0.2, 0.25) is 11.8 Å². The van der Waals surface area contributed by atoms with Crippen LogP contribution >= 0.6 is 0 Å². The van der Waals surface area contributed by atoms with Gasteiger partial charge >= 0.3 is 6.09 Å². The molecule has 4 amide bonds. The number of alkyl carbamates (subject to hydrolysis) is 1. The Morgan fingerprint density at radius 2 is 1.94 bits per heavy atom. The van der Waals surface area contributed by atoms with E-state index in [1.54, 1.807) is 12.3 Å². The third-order valence-corrected chi connectivity index (χ3v) is 6.75. The molecule has 10 heteroatoms. The molecule has 0 spiro atoms. The summed E-state index contributed by atoms with van der Waals surface area (Å²) in [5, 5.41) is 5.23. The van der Waals surface area contributed by atoms with E-state index in [9.17, 15) is 19.2 Å². The lowest BCUT2D eigenvalue weighted by Gasteiger charge is -2.32. The molecule has 1 aromatic carbocycles. The van der Waals surface area contributed by atoms with Gasteiger partial charge in [0.1, 0.15) is 18.5 Å². The first-order valence-electron chi connectivity index (χ1n) is 11.8. The van der Waals surface area contributed by atoms with E-state index in [4.69, 9.17) is 4.74 Å². The van der Waals surface area contributed by atoms with E-state index in [1.165, 1.54) is 4.90 Å². The highest BCUT2D eigenvalue weighted by Crippen LogP contribution is 2.28. The highest BCUT2D eigenvalue weighted by Gasteiger charge is 2.39. The SMILES string of the molecule is O=C1CCC(N2Cc3ccc(COC(=O)NC4CCN(c5ccccn5)CC4)cc3C2=O)C(=O)N1. The van der Waals surface area contributed by atoms with Gasteiger partial charge in [-0.05, 0) is 48.6 Å². The number of nitrogens with zero attached hydrogens (tertiary/aromatic N) is 3. The van der Waals surface area contributed by atoms with Gasteiger partial charge in [0, 0.05) is 43.9 Å². The summed E-state index contributed by atoms with van der Waals surface area (Å²) in [6.07, 6.45) is 3.42. The van der Waals surface area contributed by atoms with Crippen LogP contribution in [0.25, 0.3) is 0 Å². The van der Waals surface area contributed by atoms with Crippen LogP contribution in [0.2, 0.25) is 0 Å². The second kappa shape index (κ2) is 9.73. The molecule has 5 rings (SSSR count). The van der Waals surface area contributed by atoms with Crippen LogP contribution in [0.5, 0.6) is 0 Å². The van der Waals surface area contributed by atoms with Gasteiger partial charge in [0.05, 0.1) is 0 Å². The van der Waals surface area contributed by atoms with E-state index in [2.05, 4.69) is 20.5 Å². The molecule has 1 aromatic heterocycles. The van der Waals surface area contributed by atoms with Gasteiger partial charge in [0.25, 0.3) is 5.91 Å². The number of anilines is 1. The Morgan fingerprint density at radius 1 is 1.11 bits per heavy atom. The van der Waals surface area contributed by atoms with Crippen LogP contribution in [-0.4, -0.2) is 58.9 Å². The molecule has 10 nitrogen and oxygen atoms in total. The summed E-state index contributed by atoms with van der Waals surface area (Å²) in [5.41, 5.74) is 2.01. The number of rotatable bonds is 5. The molecular formula is C25H27N5O5. The molecule has 35 heavy (non-hydrogen) atoms. The third kappa shape index (κ3) is 4.96. The van der Waals surface area contributed by atoms with Crippen molar-refractivity contribution in [1.82, 2.24) is 20.5 Å². The summed E-state index contributed by atoms with van der Waals surface area (Å²) in [5.74, 6) is -0.0586. The minimum Gasteiger partial charge on any atom is -0.445 e. The van der Waals surface area contributed by atoms with Crippen molar-refractivity contribution < 1.29 is 23.9 Å². The van der Waals surface area contributed by atoms with Crippen LogP contribution in [0.4, 0.5) is 10.6 Å². The number of aromatic nitrogens is 1. The minimum atomic E-state index is -0.651. The molecule has 0 bridgehead atoms. The number of ether oxygens (including phenoxy) is 1. The number of benzene rings is 1. The fourth-order valence-electron chi connectivity index (χ4n) is 4.84. The zero-order chi connectivity index (χ0) is 24.4. The van der Waals surface area contributed by atoms with Crippen LogP contribution in [0, 0.1) is 0 Å². The maximum absolute atomic E-state index is 12.9. The van der Waals surface area contributed by atoms with Crippen LogP contribution < -0.4 is 15.5 Å². The number of hydrogen-bond donors (Lipinski definition) is 2. The van der Waals surface area contributed by atoms with Crippen LogP contribution in [0.15, 0.2) is 42.6 Å². The largest absolute Gasteiger partial charge is 0.445 e. The normalized spacial score (nSPS) is 20.5. The lowest BCUT2D eigenvalue weighted by atomic mass is 10.0. The maximum atomic E-state index is 12.9. The Labute approximate surface area is 202 Å². The molecule has 2 saturated heterocycles. The standard InChI is InChI=1S/C25H27N5O5/c31-22-7-6-20(23(32)28-22)30-14-17-5-4-16(13-19(17)24(30)33)15-35-25(34)27-18-8-11-29(12-9-18)21-3-1-2-10-26-21/h1-5,10,13,18,20H,6-9,11-12,14-15H2,(H,27,34)(H,28,31,32). The highest BCUT2D eigenvalue weighted by atomic mass is 16.5. The number of nitrogens with one attached hydrogen (secondary N) is 2. The molecule has 0 aliphatic carbocycles. The summed E-state index contributed by atoms with van der Waals surface area (Å²) in [4.78, 5) is 57.0. The van der Waals surface area contributed by atoms with Crippen molar-refractivity contribution in [2.45, 2.75) is 50.9 Å². The molecule has 3 aliphatic rings. The van der Waals surface area contributed by atoms with Gasteiger partial charge in [-0.3, -0.25) is 19.7 Å². The first-order valence-corrected chi connectivity index (χ1v) is 11.8. The summed E-state index contributed by atoms with van der Waals surface area (Å²) < 4.78 is 5.41. The predicted octanol–water partition coefficient (Wildman–Crippen LogP) is 1.74. The average Bonchev–Trinajstić information content (AvgIpc) is 3.19. The smallest absolute Gasteiger partial charge is 0.407 e. The van der Waals surface area contributed by atoms with Gasteiger partial charge < -0.3 is 19.9 Å². The van der Waals surface area contributed by atoms with Crippen molar-refractivity contribution in [3.8, 4) is 0 Å².